The lowest BCUT2D eigenvalue weighted by atomic mass is 10.1. The first kappa shape index (κ1) is 25.4. The quantitative estimate of drug-likeness (QED) is 0.366. The molecule has 0 bridgehead atoms. The van der Waals surface area contributed by atoms with Crippen LogP contribution in [-0.4, -0.2) is 54.6 Å². The van der Waals surface area contributed by atoms with Crippen LogP contribution in [0.2, 0.25) is 0 Å². The molecule has 1 heterocycles. The number of nitrogens with zero attached hydrogens (tertiary/aromatic N) is 1. The van der Waals surface area contributed by atoms with E-state index in [-0.39, 0.29) is 11.2 Å². The van der Waals surface area contributed by atoms with Gasteiger partial charge in [-0.3, -0.25) is 4.79 Å². The van der Waals surface area contributed by atoms with Crippen molar-refractivity contribution >= 4 is 16.7 Å². The van der Waals surface area contributed by atoms with Gasteiger partial charge in [-0.2, -0.15) is 0 Å². The molecule has 3 rings (SSSR count). The lowest BCUT2D eigenvalue weighted by molar-refractivity contribution is 0.351. The third-order valence-electron chi connectivity index (χ3n) is 5.79. The number of hydrogen-bond acceptors (Lipinski definition) is 8. The van der Waals surface area contributed by atoms with Crippen LogP contribution < -0.4 is 35.6 Å². The normalized spacial score (nSPS) is 11.0. The Balaban J connectivity index is 1.81. The van der Waals surface area contributed by atoms with Gasteiger partial charge in [0.2, 0.25) is 16.9 Å². The molecule has 0 aliphatic heterocycles. The topological polar surface area (TPSA) is 99.2 Å². The van der Waals surface area contributed by atoms with E-state index in [0.29, 0.717) is 28.2 Å². The molecule has 0 radical (unpaired) electrons. The number of hydrogen-bond donors (Lipinski definition) is 2. The minimum atomic E-state index is -0.263. The molecule has 0 fully saturated rings. The van der Waals surface area contributed by atoms with Gasteiger partial charge in [-0.15, -0.1) is 0 Å². The molecule has 3 N–H and O–H groups in total. The summed E-state index contributed by atoms with van der Waals surface area (Å²) in [6.45, 7) is 3.65. The third-order valence-corrected chi connectivity index (χ3v) is 5.79. The molecule has 0 aliphatic rings. The fourth-order valence-corrected chi connectivity index (χ4v) is 3.88. The first-order chi connectivity index (χ1) is 16.5. The maximum atomic E-state index is 13.1. The highest BCUT2D eigenvalue weighted by Gasteiger charge is 2.21. The first-order valence-corrected chi connectivity index (χ1v) is 11.5. The van der Waals surface area contributed by atoms with Gasteiger partial charge in [-0.1, -0.05) is 0 Å². The number of fused-ring (bicyclic) bond motifs is 1. The van der Waals surface area contributed by atoms with E-state index in [0.717, 1.165) is 56.7 Å². The zero-order valence-electron chi connectivity index (χ0n) is 20.5. The van der Waals surface area contributed by atoms with E-state index in [1.54, 1.807) is 19.2 Å². The van der Waals surface area contributed by atoms with Crippen molar-refractivity contribution in [3.05, 3.63) is 46.6 Å². The van der Waals surface area contributed by atoms with Gasteiger partial charge in [0.05, 0.1) is 26.7 Å². The SMILES string of the molecule is COc1ccc2c(=O)c(OC)c(-c3ccc(N(C)CCCCNCCCN)cc3)oc2c1OC. The summed E-state index contributed by atoms with van der Waals surface area (Å²) >= 11 is 0. The van der Waals surface area contributed by atoms with Gasteiger partial charge in [0, 0.05) is 24.8 Å². The van der Waals surface area contributed by atoms with Crippen LogP contribution in [0, 0.1) is 0 Å². The molecule has 184 valence electrons. The fraction of sp³-hybridized carbons (Fsp3) is 0.423. The molecule has 2 aromatic carbocycles. The molecule has 0 saturated heterocycles. The molecule has 0 atom stereocenters. The van der Waals surface area contributed by atoms with Crippen molar-refractivity contribution < 1.29 is 18.6 Å². The van der Waals surface area contributed by atoms with E-state index in [2.05, 4.69) is 17.3 Å². The molecule has 0 amide bonds. The van der Waals surface area contributed by atoms with Gasteiger partial charge in [0.15, 0.2) is 17.1 Å². The van der Waals surface area contributed by atoms with Crippen LogP contribution in [0.25, 0.3) is 22.3 Å². The van der Waals surface area contributed by atoms with Gasteiger partial charge < -0.3 is 34.6 Å². The lowest BCUT2D eigenvalue weighted by Gasteiger charge is -2.20. The number of ether oxygens (including phenoxy) is 3. The number of rotatable bonds is 13. The summed E-state index contributed by atoms with van der Waals surface area (Å²) in [4.78, 5) is 15.3. The summed E-state index contributed by atoms with van der Waals surface area (Å²) in [6.07, 6.45) is 3.20. The van der Waals surface area contributed by atoms with Gasteiger partial charge >= 0.3 is 0 Å². The Morgan fingerprint density at radius 1 is 0.912 bits per heavy atom. The van der Waals surface area contributed by atoms with Crippen molar-refractivity contribution in [1.29, 1.82) is 0 Å². The maximum absolute atomic E-state index is 13.1. The van der Waals surface area contributed by atoms with E-state index >= 15 is 0 Å². The molecular formula is C26H35N3O5. The highest BCUT2D eigenvalue weighted by molar-refractivity contribution is 5.88. The second kappa shape index (κ2) is 12.3. The summed E-state index contributed by atoms with van der Waals surface area (Å²) in [5.41, 5.74) is 7.39. The van der Waals surface area contributed by atoms with Crippen LogP contribution >= 0.6 is 0 Å². The predicted octanol–water partition coefficient (Wildman–Crippen LogP) is 3.64. The summed E-state index contributed by atoms with van der Waals surface area (Å²) in [7, 11) is 6.60. The minimum absolute atomic E-state index is 0.156. The molecule has 1 aromatic heterocycles. The van der Waals surface area contributed by atoms with Gasteiger partial charge in [0.25, 0.3) is 0 Å². The van der Waals surface area contributed by atoms with E-state index in [4.69, 9.17) is 24.4 Å². The van der Waals surface area contributed by atoms with Crippen LogP contribution in [0.15, 0.2) is 45.6 Å². The zero-order chi connectivity index (χ0) is 24.5. The summed E-state index contributed by atoms with van der Waals surface area (Å²) in [5, 5.41) is 3.77. The Morgan fingerprint density at radius 2 is 1.62 bits per heavy atom. The van der Waals surface area contributed by atoms with Crippen LogP contribution in [0.3, 0.4) is 0 Å². The first-order valence-electron chi connectivity index (χ1n) is 11.5. The Hall–Kier alpha value is -3.23. The molecular weight excluding hydrogens is 434 g/mol. The molecule has 34 heavy (non-hydrogen) atoms. The lowest BCUT2D eigenvalue weighted by Crippen LogP contribution is -2.22. The highest BCUT2D eigenvalue weighted by atomic mass is 16.5. The molecule has 0 aliphatic carbocycles. The van der Waals surface area contributed by atoms with Crippen LogP contribution in [0.4, 0.5) is 5.69 Å². The fourth-order valence-electron chi connectivity index (χ4n) is 3.88. The monoisotopic (exact) mass is 469 g/mol. The molecule has 8 nitrogen and oxygen atoms in total. The van der Waals surface area contributed by atoms with Gasteiger partial charge in [0.1, 0.15) is 0 Å². The number of anilines is 1. The van der Waals surface area contributed by atoms with E-state index in [1.165, 1.54) is 14.2 Å². The number of benzene rings is 2. The van der Waals surface area contributed by atoms with E-state index in [9.17, 15) is 4.79 Å². The molecule has 3 aromatic rings. The maximum Gasteiger partial charge on any atom is 0.235 e. The van der Waals surface area contributed by atoms with E-state index < -0.39 is 0 Å². The Labute approximate surface area is 200 Å². The Morgan fingerprint density at radius 3 is 2.26 bits per heavy atom. The van der Waals surface area contributed by atoms with Crippen LogP contribution in [0.5, 0.6) is 17.2 Å². The zero-order valence-corrected chi connectivity index (χ0v) is 20.5. The van der Waals surface area contributed by atoms with Gasteiger partial charge in [-0.25, -0.2) is 0 Å². The second-order valence-electron chi connectivity index (χ2n) is 8.04. The minimum Gasteiger partial charge on any atom is -0.493 e. The standard InChI is InChI=1S/C26H35N3O5/c1-29(17-6-5-15-28-16-7-14-27)19-10-8-18(9-11-19)23-26(33-4)22(30)20-12-13-21(31-2)25(32-3)24(20)34-23/h8-13,28H,5-7,14-17,27H2,1-4H3. The van der Waals surface area contributed by atoms with Crippen molar-refractivity contribution in [3.63, 3.8) is 0 Å². The van der Waals surface area contributed by atoms with Crippen molar-refractivity contribution in [2.75, 3.05) is 59.5 Å². The Kier molecular flexibility index (Phi) is 9.18. The number of unbranched alkanes of at least 4 members (excludes halogenated alkanes) is 1. The Bertz CT molecular complexity index is 1130. The highest BCUT2D eigenvalue weighted by Crippen LogP contribution is 2.39. The molecule has 0 saturated carbocycles. The molecule has 0 spiro atoms. The van der Waals surface area contributed by atoms with Crippen molar-refractivity contribution in [2.24, 2.45) is 5.73 Å². The largest absolute Gasteiger partial charge is 0.493 e. The van der Waals surface area contributed by atoms with E-state index in [1.807, 2.05) is 24.3 Å². The number of nitrogens with one attached hydrogen (secondary N) is 1. The third kappa shape index (κ3) is 5.63. The summed E-state index contributed by atoms with van der Waals surface area (Å²) < 4.78 is 22.5. The second-order valence-corrected chi connectivity index (χ2v) is 8.04. The van der Waals surface area contributed by atoms with Gasteiger partial charge in [-0.05, 0) is 75.3 Å². The molecule has 0 unspecified atom stereocenters. The van der Waals surface area contributed by atoms with Crippen molar-refractivity contribution in [2.45, 2.75) is 19.3 Å². The number of nitrogens with two attached hydrogens (primary N) is 1. The predicted molar refractivity (Wildman–Crippen MR) is 137 cm³/mol. The van der Waals surface area contributed by atoms with Crippen LogP contribution in [0.1, 0.15) is 19.3 Å². The smallest absolute Gasteiger partial charge is 0.235 e. The number of methoxy groups -OCH3 is 3. The average Bonchev–Trinajstić information content (AvgIpc) is 2.87. The summed E-state index contributed by atoms with van der Waals surface area (Å²) in [5.74, 6) is 1.36. The van der Waals surface area contributed by atoms with Crippen molar-refractivity contribution in [3.8, 4) is 28.6 Å². The average molecular weight is 470 g/mol. The summed E-state index contributed by atoms with van der Waals surface area (Å²) in [6, 6.07) is 11.2. The van der Waals surface area contributed by atoms with Crippen molar-refractivity contribution in [1.82, 2.24) is 5.32 Å². The van der Waals surface area contributed by atoms with Crippen LogP contribution in [-0.2, 0) is 0 Å². The molecule has 8 heteroatoms.